The molecule has 2 atom stereocenters. The van der Waals surface area contributed by atoms with Crippen molar-refractivity contribution in [3.63, 3.8) is 0 Å². The zero-order valence-corrected chi connectivity index (χ0v) is 14.5. The summed E-state index contributed by atoms with van der Waals surface area (Å²) >= 11 is 0. The Hall–Kier alpha value is -1.51. The Bertz CT molecular complexity index is 421. The lowest BCUT2D eigenvalue weighted by Gasteiger charge is -2.13. The first kappa shape index (κ1) is 22.5. The summed E-state index contributed by atoms with van der Waals surface area (Å²) in [5.74, 6) is -1.23. The lowest BCUT2D eigenvalue weighted by atomic mass is 10.4. The maximum atomic E-state index is 11.4. The summed E-state index contributed by atoms with van der Waals surface area (Å²) in [6, 6.07) is 0. The van der Waals surface area contributed by atoms with Crippen molar-refractivity contribution in [1.29, 1.82) is 0 Å². The van der Waals surface area contributed by atoms with Gasteiger partial charge in [-0.2, -0.15) is 0 Å². The van der Waals surface area contributed by atoms with Crippen LogP contribution in [0.3, 0.4) is 0 Å². The molecule has 0 heterocycles. The monoisotopic (exact) mass is 366 g/mol. The molecule has 0 spiro atoms. The van der Waals surface area contributed by atoms with Gasteiger partial charge in [0.05, 0.1) is 13.2 Å². The molecule has 0 saturated heterocycles. The molecule has 0 aliphatic heterocycles. The van der Waals surface area contributed by atoms with E-state index in [1.54, 1.807) is 13.8 Å². The first-order valence-electron chi connectivity index (χ1n) is 7.13. The van der Waals surface area contributed by atoms with Crippen molar-refractivity contribution in [3.05, 3.63) is 24.3 Å². The summed E-state index contributed by atoms with van der Waals surface area (Å²) in [4.78, 5) is 22.0. The van der Waals surface area contributed by atoms with Crippen molar-refractivity contribution in [2.45, 2.75) is 26.1 Å². The van der Waals surface area contributed by atoms with Gasteiger partial charge >= 0.3 is 20.2 Å². The third-order valence-corrected chi connectivity index (χ3v) is 3.03. The fourth-order valence-corrected chi connectivity index (χ4v) is 1.93. The van der Waals surface area contributed by atoms with Crippen molar-refractivity contribution < 1.29 is 42.9 Å². The Morgan fingerprint density at radius 2 is 1.25 bits per heavy atom. The van der Waals surface area contributed by atoms with Crippen LogP contribution >= 0.6 is 8.25 Å². The molecular formula is C14H23O9P. The standard InChI is InChI=1S/C14H23O9P/c1-3-5-13(17)20-7-11(15)9-22-24(19)23-10-12(16)8-21-14(18)6-4-2/h3-6,11-12,15-16,24H,7-10H2,1-2H3. The summed E-state index contributed by atoms with van der Waals surface area (Å²) in [5.41, 5.74) is 0. The van der Waals surface area contributed by atoms with Crippen LogP contribution in [0.2, 0.25) is 0 Å². The molecule has 0 amide bonds. The van der Waals surface area contributed by atoms with E-state index in [-0.39, 0.29) is 26.4 Å². The van der Waals surface area contributed by atoms with E-state index in [2.05, 4.69) is 9.47 Å². The molecule has 0 aliphatic rings. The highest BCUT2D eigenvalue weighted by atomic mass is 31.1. The summed E-state index contributed by atoms with van der Waals surface area (Å²) < 4.78 is 30.2. The minimum Gasteiger partial charge on any atom is -0.460 e. The zero-order valence-electron chi connectivity index (χ0n) is 13.5. The highest BCUT2D eigenvalue weighted by Gasteiger charge is 2.12. The van der Waals surface area contributed by atoms with Crippen LogP contribution in [0.5, 0.6) is 0 Å². The Labute approximate surface area is 140 Å². The third-order valence-electron chi connectivity index (χ3n) is 2.23. The smallest absolute Gasteiger partial charge is 0.330 e. The molecular weight excluding hydrogens is 343 g/mol. The normalized spacial score (nSPS) is 15.3. The Morgan fingerprint density at radius 1 is 0.875 bits per heavy atom. The zero-order chi connectivity index (χ0) is 18.4. The van der Waals surface area contributed by atoms with Gasteiger partial charge in [0.2, 0.25) is 0 Å². The van der Waals surface area contributed by atoms with Crippen LogP contribution in [-0.4, -0.2) is 60.8 Å². The summed E-state index contributed by atoms with van der Waals surface area (Å²) in [6.45, 7) is 1.91. The SMILES string of the molecule is CC=CC(=O)OCC(O)CO[PH](=O)OCC(O)COC(=O)C=CC. The van der Waals surface area contributed by atoms with Crippen molar-refractivity contribution in [1.82, 2.24) is 0 Å². The first-order chi connectivity index (χ1) is 11.4. The highest BCUT2D eigenvalue weighted by Crippen LogP contribution is 2.24. The Kier molecular flexibility index (Phi) is 13.0. The maximum absolute atomic E-state index is 11.4. The van der Waals surface area contributed by atoms with Gasteiger partial charge in [0.25, 0.3) is 0 Å². The van der Waals surface area contributed by atoms with E-state index in [4.69, 9.17) is 9.05 Å². The predicted molar refractivity (Wildman–Crippen MR) is 84.5 cm³/mol. The van der Waals surface area contributed by atoms with E-state index in [0.29, 0.717) is 0 Å². The lowest BCUT2D eigenvalue weighted by molar-refractivity contribution is -0.141. The van der Waals surface area contributed by atoms with E-state index in [1.807, 2.05) is 0 Å². The predicted octanol–water partition coefficient (Wildman–Crippen LogP) is 0.370. The molecule has 24 heavy (non-hydrogen) atoms. The second-order valence-corrected chi connectivity index (χ2v) is 5.52. The number of aliphatic hydroxyl groups is 2. The van der Waals surface area contributed by atoms with Crippen LogP contribution in [0.15, 0.2) is 24.3 Å². The van der Waals surface area contributed by atoms with Gasteiger partial charge in [-0.25, -0.2) is 9.59 Å². The number of ether oxygens (including phenoxy) is 2. The molecule has 0 bridgehead atoms. The van der Waals surface area contributed by atoms with Crippen molar-refractivity contribution in [2.75, 3.05) is 26.4 Å². The Morgan fingerprint density at radius 3 is 1.58 bits per heavy atom. The fraction of sp³-hybridized carbons (Fsp3) is 0.571. The second kappa shape index (κ2) is 13.9. The molecule has 0 aromatic heterocycles. The van der Waals surface area contributed by atoms with Crippen molar-refractivity contribution in [2.24, 2.45) is 0 Å². The van der Waals surface area contributed by atoms with Gasteiger partial charge in [0.1, 0.15) is 25.4 Å². The van der Waals surface area contributed by atoms with Crippen LogP contribution < -0.4 is 0 Å². The largest absolute Gasteiger partial charge is 0.460 e. The minimum absolute atomic E-state index is 0.318. The van der Waals surface area contributed by atoms with Crippen LogP contribution in [0.4, 0.5) is 0 Å². The number of carbonyl (C=O) groups is 2. The molecule has 0 rings (SSSR count). The third kappa shape index (κ3) is 13.0. The number of carbonyl (C=O) groups excluding carboxylic acids is 2. The fourth-order valence-electron chi connectivity index (χ4n) is 1.19. The molecule has 0 fully saturated rings. The van der Waals surface area contributed by atoms with Crippen molar-refractivity contribution in [3.8, 4) is 0 Å². The Balaban J connectivity index is 3.81. The van der Waals surface area contributed by atoms with E-state index >= 15 is 0 Å². The first-order valence-corrected chi connectivity index (χ1v) is 8.36. The molecule has 2 N–H and O–H groups in total. The average molecular weight is 366 g/mol. The molecule has 10 heteroatoms. The highest BCUT2D eigenvalue weighted by molar-refractivity contribution is 7.33. The molecule has 0 aromatic rings. The summed E-state index contributed by atoms with van der Waals surface area (Å²) in [6.07, 6.45) is 3.01. The molecule has 0 aliphatic carbocycles. The van der Waals surface area contributed by atoms with Crippen LogP contribution in [0.25, 0.3) is 0 Å². The van der Waals surface area contributed by atoms with E-state index < -0.39 is 32.4 Å². The van der Waals surface area contributed by atoms with Gasteiger partial charge in [-0.3, -0.25) is 4.57 Å². The summed E-state index contributed by atoms with van der Waals surface area (Å²) in [5, 5.41) is 18.9. The van der Waals surface area contributed by atoms with Gasteiger partial charge in [-0.1, -0.05) is 12.2 Å². The molecule has 2 unspecified atom stereocenters. The van der Waals surface area contributed by atoms with Gasteiger partial charge in [0, 0.05) is 12.2 Å². The average Bonchev–Trinajstić information content (AvgIpc) is 2.54. The maximum Gasteiger partial charge on any atom is 0.330 e. The number of hydrogen-bond acceptors (Lipinski definition) is 9. The number of rotatable bonds is 12. The quantitative estimate of drug-likeness (QED) is 0.286. The van der Waals surface area contributed by atoms with E-state index in [1.165, 1.54) is 24.3 Å². The number of esters is 2. The van der Waals surface area contributed by atoms with Crippen LogP contribution in [-0.2, 0) is 32.7 Å². The second-order valence-electron chi connectivity index (χ2n) is 4.44. The molecule has 0 saturated carbocycles. The van der Waals surface area contributed by atoms with Gasteiger partial charge in [-0.15, -0.1) is 0 Å². The number of hydrogen-bond donors (Lipinski definition) is 2. The van der Waals surface area contributed by atoms with Crippen LogP contribution in [0.1, 0.15) is 13.8 Å². The van der Waals surface area contributed by atoms with Gasteiger partial charge in [0.15, 0.2) is 0 Å². The van der Waals surface area contributed by atoms with Crippen molar-refractivity contribution >= 4 is 20.2 Å². The molecule has 9 nitrogen and oxygen atoms in total. The van der Waals surface area contributed by atoms with Gasteiger partial charge < -0.3 is 28.7 Å². The lowest BCUT2D eigenvalue weighted by Crippen LogP contribution is -2.23. The summed E-state index contributed by atoms with van der Waals surface area (Å²) in [7, 11) is -2.95. The minimum atomic E-state index is -2.95. The van der Waals surface area contributed by atoms with Gasteiger partial charge in [-0.05, 0) is 13.8 Å². The topological polar surface area (TPSA) is 129 Å². The van der Waals surface area contributed by atoms with E-state index in [9.17, 15) is 24.4 Å². The molecule has 138 valence electrons. The number of allylic oxidation sites excluding steroid dienone is 2. The van der Waals surface area contributed by atoms with E-state index in [0.717, 1.165) is 0 Å². The number of aliphatic hydroxyl groups excluding tert-OH is 2. The molecule has 0 aromatic carbocycles. The molecule has 0 radical (unpaired) electrons. The van der Waals surface area contributed by atoms with Crippen LogP contribution in [0, 0.1) is 0 Å².